The molecule has 7 heteroatoms. The van der Waals surface area contributed by atoms with E-state index in [4.69, 9.17) is 0 Å². The number of aromatic amines is 1. The fourth-order valence-electron chi connectivity index (χ4n) is 1.84. The molecule has 0 radical (unpaired) electrons. The third-order valence-corrected chi connectivity index (χ3v) is 2.87. The van der Waals surface area contributed by atoms with Crippen molar-refractivity contribution in [2.24, 2.45) is 0 Å². The second kappa shape index (κ2) is 4.56. The van der Waals surface area contributed by atoms with E-state index in [1.165, 1.54) is 0 Å². The van der Waals surface area contributed by atoms with E-state index >= 15 is 0 Å². The van der Waals surface area contributed by atoms with Crippen LogP contribution in [0, 0.1) is 0 Å². The van der Waals surface area contributed by atoms with Crippen molar-refractivity contribution in [1.29, 1.82) is 0 Å². The lowest BCUT2D eigenvalue weighted by Gasteiger charge is -2.36. The van der Waals surface area contributed by atoms with Crippen molar-refractivity contribution in [3.05, 3.63) is 5.82 Å². The molecule has 16 heavy (non-hydrogen) atoms. The summed E-state index contributed by atoms with van der Waals surface area (Å²) < 4.78 is 0. The molecule has 88 valence electrons. The number of carbonyl (C=O) groups is 1. The summed E-state index contributed by atoms with van der Waals surface area (Å²) in [5.41, 5.74) is 0. The molecular weight excluding hydrogens is 208 g/mol. The average molecular weight is 224 g/mol. The zero-order valence-electron chi connectivity index (χ0n) is 9.55. The first-order valence-corrected chi connectivity index (χ1v) is 5.45. The van der Waals surface area contributed by atoms with Crippen LogP contribution in [-0.2, 0) is 0 Å². The van der Waals surface area contributed by atoms with Gasteiger partial charge in [-0.15, -0.1) is 10.2 Å². The summed E-state index contributed by atoms with van der Waals surface area (Å²) >= 11 is 0. The lowest BCUT2D eigenvalue weighted by atomic mass is 10.2. The second-order valence-corrected chi connectivity index (χ2v) is 4.16. The minimum Gasteiger partial charge on any atom is -0.333 e. The number of amides is 1. The van der Waals surface area contributed by atoms with E-state index in [9.17, 15) is 4.79 Å². The molecule has 1 aromatic rings. The van der Waals surface area contributed by atoms with Gasteiger partial charge in [-0.2, -0.15) is 5.21 Å². The molecule has 2 heterocycles. The van der Waals surface area contributed by atoms with Crippen molar-refractivity contribution < 1.29 is 4.79 Å². The van der Waals surface area contributed by atoms with Crippen molar-refractivity contribution in [2.45, 2.75) is 19.9 Å². The predicted molar refractivity (Wildman–Crippen MR) is 56.8 cm³/mol. The number of H-pyrrole nitrogens is 1. The van der Waals surface area contributed by atoms with Gasteiger partial charge in [-0.05, 0) is 19.1 Å². The van der Waals surface area contributed by atoms with E-state index in [-0.39, 0.29) is 11.7 Å². The quantitative estimate of drug-likeness (QED) is 0.723. The van der Waals surface area contributed by atoms with Crippen LogP contribution in [0.25, 0.3) is 0 Å². The van der Waals surface area contributed by atoms with Gasteiger partial charge in [-0.1, -0.05) is 0 Å². The van der Waals surface area contributed by atoms with Crippen LogP contribution in [-0.4, -0.2) is 68.6 Å². The molecular formula is C9H16N6O. The van der Waals surface area contributed by atoms with Gasteiger partial charge in [-0.25, -0.2) is 0 Å². The minimum absolute atomic E-state index is 0.142. The number of nitrogens with one attached hydrogen (secondary N) is 1. The van der Waals surface area contributed by atoms with Crippen molar-refractivity contribution >= 4 is 5.91 Å². The highest BCUT2D eigenvalue weighted by Gasteiger charge is 2.25. The average Bonchev–Trinajstić information content (AvgIpc) is 2.81. The summed E-state index contributed by atoms with van der Waals surface area (Å²) in [6.45, 7) is 7.59. The lowest BCUT2D eigenvalue weighted by Crippen LogP contribution is -2.50. The molecule has 7 nitrogen and oxygen atoms in total. The van der Waals surface area contributed by atoms with Crippen LogP contribution in [0.15, 0.2) is 0 Å². The molecule has 1 fully saturated rings. The zero-order chi connectivity index (χ0) is 11.5. The summed E-state index contributed by atoms with van der Waals surface area (Å²) in [6, 6.07) is 0.530. The summed E-state index contributed by atoms with van der Waals surface area (Å²) in [5, 5.41) is 13.1. The van der Waals surface area contributed by atoms with Crippen LogP contribution >= 0.6 is 0 Å². The molecule has 1 aliphatic heterocycles. The van der Waals surface area contributed by atoms with Crippen LogP contribution < -0.4 is 0 Å². The van der Waals surface area contributed by atoms with Crippen molar-refractivity contribution in [1.82, 2.24) is 30.4 Å². The summed E-state index contributed by atoms with van der Waals surface area (Å²) in [4.78, 5) is 16.0. The largest absolute Gasteiger partial charge is 0.333 e. The van der Waals surface area contributed by atoms with Crippen LogP contribution in [0.1, 0.15) is 24.5 Å². The Morgan fingerprint density at radius 2 is 2.00 bits per heavy atom. The maximum atomic E-state index is 11.9. The second-order valence-electron chi connectivity index (χ2n) is 4.16. The number of piperazine rings is 1. The standard InChI is InChI=1S/C9H16N6O/c1-7(2)14-3-5-15(6-4-14)9(16)8-10-12-13-11-8/h7H,3-6H2,1-2H3,(H,10,11,12,13). The van der Waals surface area contributed by atoms with Gasteiger partial charge in [0.15, 0.2) is 0 Å². The number of rotatable bonds is 2. The van der Waals surface area contributed by atoms with Crippen molar-refractivity contribution in [3.8, 4) is 0 Å². The van der Waals surface area contributed by atoms with Crippen LogP contribution in [0.5, 0.6) is 0 Å². The van der Waals surface area contributed by atoms with Crippen molar-refractivity contribution in [3.63, 3.8) is 0 Å². The summed E-state index contributed by atoms with van der Waals surface area (Å²) in [5.74, 6) is 0.00940. The fourth-order valence-corrected chi connectivity index (χ4v) is 1.84. The fraction of sp³-hybridized carbons (Fsp3) is 0.778. The molecule has 2 rings (SSSR count). The Balaban J connectivity index is 1.92. The molecule has 0 saturated carbocycles. The van der Waals surface area contributed by atoms with E-state index in [1.807, 2.05) is 0 Å². The third-order valence-electron chi connectivity index (χ3n) is 2.87. The number of tetrazole rings is 1. The van der Waals surface area contributed by atoms with Gasteiger partial charge >= 0.3 is 0 Å². The Kier molecular flexibility index (Phi) is 3.14. The highest BCUT2D eigenvalue weighted by molar-refractivity contribution is 5.90. The van der Waals surface area contributed by atoms with Gasteiger partial charge in [-0.3, -0.25) is 9.69 Å². The van der Waals surface area contributed by atoms with Gasteiger partial charge < -0.3 is 4.90 Å². The van der Waals surface area contributed by atoms with E-state index < -0.39 is 0 Å². The SMILES string of the molecule is CC(C)N1CCN(C(=O)c2nn[nH]n2)CC1. The Bertz CT molecular complexity index is 341. The van der Waals surface area contributed by atoms with Crippen LogP contribution in [0.3, 0.4) is 0 Å². The molecule has 0 atom stereocenters. The normalized spacial score (nSPS) is 18.1. The third kappa shape index (κ3) is 2.19. The number of hydrogen-bond acceptors (Lipinski definition) is 5. The van der Waals surface area contributed by atoms with E-state index in [1.54, 1.807) is 4.90 Å². The minimum atomic E-state index is -0.142. The molecule has 0 aliphatic carbocycles. The van der Waals surface area contributed by atoms with Gasteiger partial charge in [0.05, 0.1) is 0 Å². The molecule has 0 unspecified atom stereocenters. The smallest absolute Gasteiger partial charge is 0.295 e. The zero-order valence-corrected chi connectivity index (χ0v) is 9.55. The Morgan fingerprint density at radius 3 is 2.50 bits per heavy atom. The molecule has 1 saturated heterocycles. The molecule has 1 N–H and O–H groups in total. The predicted octanol–water partition coefficient (Wildman–Crippen LogP) is -0.634. The Hall–Kier alpha value is -1.50. The Morgan fingerprint density at radius 1 is 1.31 bits per heavy atom. The highest BCUT2D eigenvalue weighted by atomic mass is 16.2. The summed E-state index contributed by atoms with van der Waals surface area (Å²) in [6.07, 6.45) is 0. The molecule has 1 aromatic heterocycles. The van der Waals surface area contributed by atoms with E-state index in [0.29, 0.717) is 6.04 Å². The summed E-state index contributed by atoms with van der Waals surface area (Å²) in [7, 11) is 0. The van der Waals surface area contributed by atoms with E-state index in [0.717, 1.165) is 26.2 Å². The number of hydrogen-bond donors (Lipinski definition) is 1. The van der Waals surface area contributed by atoms with Gasteiger partial charge in [0.25, 0.3) is 11.7 Å². The van der Waals surface area contributed by atoms with Crippen molar-refractivity contribution in [2.75, 3.05) is 26.2 Å². The maximum absolute atomic E-state index is 11.9. The number of aromatic nitrogens is 4. The van der Waals surface area contributed by atoms with Crippen LogP contribution in [0.4, 0.5) is 0 Å². The topological polar surface area (TPSA) is 78.0 Å². The molecule has 0 spiro atoms. The molecule has 0 bridgehead atoms. The highest BCUT2D eigenvalue weighted by Crippen LogP contribution is 2.07. The maximum Gasteiger partial charge on any atom is 0.295 e. The monoisotopic (exact) mass is 224 g/mol. The first-order chi connectivity index (χ1) is 7.68. The first kappa shape index (κ1) is 11.0. The molecule has 1 amide bonds. The molecule has 1 aliphatic rings. The van der Waals surface area contributed by atoms with Gasteiger partial charge in [0, 0.05) is 32.2 Å². The lowest BCUT2D eigenvalue weighted by molar-refractivity contribution is 0.0584. The number of nitrogens with zero attached hydrogens (tertiary/aromatic N) is 5. The Labute approximate surface area is 93.8 Å². The van der Waals surface area contributed by atoms with Gasteiger partial charge in [0.2, 0.25) is 0 Å². The number of carbonyl (C=O) groups excluding carboxylic acids is 1. The van der Waals surface area contributed by atoms with E-state index in [2.05, 4.69) is 39.4 Å². The molecule has 0 aromatic carbocycles. The first-order valence-electron chi connectivity index (χ1n) is 5.45. The van der Waals surface area contributed by atoms with Gasteiger partial charge in [0.1, 0.15) is 0 Å². The van der Waals surface area contributed by atoms with Crippen LogP contribution in [0.2, 0.25) is 0 Å².